The molecule has 1 rings (SSSR count). The number of hydrogen-bond acceptors (Lipinski definition) is 1. The summed E-state index contributed by atoms with van der Waals surface area (Å²) in [5, 5.41) is 6.23. The van der Waals surface area contributed by atoms with Crippen LogP contribution in [0.4, 0.5) is 8.78 Å². The standard InChI is InChI=1S/C14H21F2N3/c1-4-10(2)19-14(17-3)18-9-8-11-12(15)6-5-7-13(11)16/h5-7,10H,4,8-9H2,1-3H3,(H2,17,18,19). The molecule has 0 saturated carbocycles. The minimum Gasteiger partial charge on any atom is -0.356 e. The van der Waals surface area contributed by atoms with Gasteiger partial charge in [-0.2, -0.15) is 0 Å². The molecule has 1 aromatic carbocycles. The Labute approximate surface area is 113 Å². The van der Waals surface area contributed by atoms with Gasteiger partial charge in [-0.25, -0.2) is 8.78 Å². The molecule has 0 aliphatic rings. The minimum atomic E-state index is -0.508. The second-order valence-electron chi connectivity index (χ2n) is 4.40. The summed E-state index contributed by atoms with van der Waals surface area (Å²) in [6.07, 6.45) is 1.25. The van der Waals surface area contributed by atoms with Gasteiger partial charge in [0.25, 0.3) is 0 Å². The van der Waals surface area contributed by atoms with Crippen LogP contribution in [0.3, 0.4) is 0 Å². The predicted octanol–water partition coefficient (Wildman–Crippen LogP) is 2.47. The fourth-order valence-corrected chi connectivity index (χ4v) is 1.61. The Morgan fingerprint density at radius 3 is 2.47 bits per heavy atom. The Balaban J connectivity index is 2.49. The molecule has 0 bridgehead atoms. The van der Waals surface area contributed by atoms with Crippen molar-refractivity contribution in [2.24, 2.45) is 4.99 Å². The molecule has 5 heteroatoms. The zero-order chi connectivity index (χ0) is 14.3. The molecule has 3 nitrogen and oxygen atoms in total. The van der Waals surface area contributed by atoms with Crippen LogP contribution in [-0.2, 0) is 6.42 Å². The molecule has 0 spiro atoms. The van der Waals surface area contributed by atoms with Crippen molar-refractivity contribution in [3.63, 3.8) is 0 Å². The van der Waals surface area contributed by atoms with Crippen molar-refractivity contribution in [3.05, 3.63) is 35.4 Å². The van der Waals surface area contributed by atoms with Gasteiger partial charge in [-0.3, -0.25) is 4.99 Å². The van der Waals surface area contributed by atoms with Crippen LogP contribution in [0.2, 0.25) is 0 Å². The van der Waals surface area contributed by atoms with E-state index in [0.29, 0.717) is 18.5 Å². The number of guanidine groups is 1. The predicted molar refractivity (Wildman–Crippen MR) is 74.3 cm³/mol. The fourth-order valence-electron chi connectivity index (χ4n) is 1.61. The normalized spacial score (nSPS) is 13.2. The average Bonchev–Trinajstić information content (AvgIpc) is 2.40. The topological polar surface area (TPSA) is 36.4 Å². The first-order chi connectivity index (χ1) is 9.08. The lowest BCUT2D eigenvalue weighted by Crippen LogP contribution is -2.42. The highest BCUT2D eigenvalue weighted by atomic mass is 19.1. The van der Waals surface area contributed by atoms with Gasteiger partial charge in [-0.15, -0.1) is 0 Å². The lowest BCUT2D eigenvalue weighted by Gasteiger charge is -2.16. The van der Waals surface area contributed by atoms with E-state index in [4.69, 9.17) is 0 Å². The molecule has 106 valence electrons. The van der Waals surface area contributed by atoms with Gasteiger partial charge in [0.15, 0.2) is 5.96 Å². The van der Waals surface area contributed by atoms with Crippen molar-refractivity contribution < 1.29 is 8.78 Å². The summed E-state index contributed by atoms with van der Waals surface area (Å²) >= 11 is 0. The van der Waals surface area contributed by atoms with E-state index in [2.05, 4.69) is 22.5 Å². The highest BCUT2D eigenvalue weighted by molar-refractivity contribution is 5.79. The van der Waals surface area contributed by atoms with Crippen LogP contribution in [0.5, 0.6) is 0 Å². The van der Waals surface area contributed by atoms with Crippen molar-refractivity contribution in [2.45, 2.75) is 32.7 Å². The number of hydrogen-bond donors (Lipinski definition) is 2. The van der Waals surface area contributed by atoms with Gasteiger partial charge >= 0.3 is 0 Å². The van der Waals surface area contributed by atoms with Gasteiger partial charge in [0.05, 0.1) is 0 Å². The monoisotopic (exact) mass is 269 g/mol. The van der Waals surface area contributed by atoms with Gasteiger partial charge in [0.2, 0.25) is 0 Å². The lowest BCUT2D eigenvalue weighted by atomic mass is 10.1. The van der Waals surface area contributed by atoms with Crippen LogP contribution in [0, 0.1) is 11.6 Å². The molecule has 1 aromatic rings. The summed E-state index contributed by atoms with van der Waals surface area (Å²) in [4.78, 5) is 4.06. The lowest BCUT2D eigenvalue weighted by molar-refractivity contribution is 0.551. The number of halogens is 2. The van der Waals surface area contributed by atoms with Gasteiger partial charge in [0, 0.05) is 25.2 Å². The number of nitrogens with one attached hydrogen (secondary N) is 2. The largest absolute Gasteiger partial charge is 0.356 e. The first-order valence-corrected chi connectivity index (χ1v) is 6.48. The van der Waals surface area contributed by atoms with Crippen molar-refractivity contribution >= 4 is 5.96 Å². The molecule has 0 aliphatic heterocycles. The molecule has 0 aromatic heterocycles. The van der Waals surface area contributed by atoms with Crippen molar-refractivity contribution in [3.8, 4) is 0 Å². The van der Waals surface area contributed by atoms with Gasteiger partial charge in [0.1, 0.15) is 11.6 Å². The van der Waals surface area contributed by atoms with E-state index in [9.17, 15) is 8.78 Å². The number of rotatable bonds is 5. The maximum Gasteiger partial charge on any atom is 0.191 e. The van der Waals surface area contributed by atoms with Crippen LogP contribution in [0.15, 0.2) is 23.2 Å². The molecule has 0 heterocycles. The third-order valence-corrected chi connectivity index (χ3v) is 2.95. The van der Waals surface area contributed by atoms with E-state index >= 15 is 0 Å². The zero-order valence-corrected chi connectivity index (χ0v) is 11.6. The molecule has 1 atom stereocenters. The summed E-state index contributed by atoms with van der Waals surface area (Å²) in [7, 11) is 1.67. The summed E-state index contributed by atoms with van der Waals surface area (Å²) in [6, 6.07) is 4.21. The fraction of sp³-hybridized carbons (Fsp3) is 0.500. The Morgan fingerprint density at radius 1 is 1.32 bits per heavy atom. The first kappa shape index (κ1) is 15.4. The molecular formula is C14H21F2N3. The van der Waals surface area contributed by atoms with E-state index in [1.54, 1.807) is 7.05 Å². The average molecular weight is 269 g/mol. The zero-order valence-electron chi connectivity index (χ0n) is 11.6. The third-order valence-electron chi connectivity index (χ3n) is 2.95. The Morgan fingerprint density at radius 2 is 1.95 bits per heavy atom. The second-order valence-corrected chi connectivity index (χ2v) is 4.40. The molecule has 0 fully saturated rings. The maximum absolute atomic E-state index is 13.4. The highest BCUT2D eigenvalue weighted by Crippen LogP contribution is 2.11. The molecule has 1 unspecified atom stereocenters. The molecule has 0 saturated heterocycles. The number of benzene rings is 1. The van der Waals surface area contributed by atoms with Gasteiger partial charge in [-0.05, 0) is 31.9 Å². The van der Waals surface area contributed by atoms with Crippen LogP contribution in [0.25, 0.3) is 0 Å². The first-order valence-electron chi connectivity index (χ1n) is 6.48. The van der Waals surface area contributed by atoms with Crippen molar-refractivity contribution in [1.82, 2.24) is 10.6 Å². The Hall–Kier alpha value is -1.65. The summed E-state index contributed by atoms with van der Waals surface area (Å²) in [6.45, 7) is 4.54. The third kappa shape index (κ3) is 4.85. The highest BCUT2D eigenvalue weighted by Gasteiger charge is 2.08. The Kier molecular flexibility index (Phi) is 6.25. The van der Waals surface area contributed by atoms with E-state index in [0.717, 1.165) is 6.42 Å². The molecule has 0 aliphatic carbocycles. The van der Waals surface area contributed by atoms with Gasteiger partial charge < -0.3 is 10.6 Å². The Bertz CT molecular complexity index is 412. The SMILES string of the molecule is CCC(C)NC(=NC)NCCc1c(F)cccc1F. The molecular weight excluding hydrogens is 248 g/mol. The van der Waals surface area contributed by atoms with Crippen LogP contribution < -0.4 is 10.6 Å². The number of nitrogens with zero attached hydrogens (tertiary/aromatic N) is 1. The van der Waals surface area contributed by atoms with E-state index in [1.165, 1.54) is 18.2 Å². The summed E-state index contributed by atoms with van der Waals surface area (Å²) in [5.41, 5.74) is 0.106. The van der Waals surface area contributed by atoms with Gasteiger partial charge in [-0.1, -0.05) is 13.0 Å². The van der Waals surface area contributed by atoms with Crippen LogP contribution >= 0.6 is 0 Å². The molecule has 19 heavy (non-hydrogen) atoms. The summed E-state index contributed by atoms with van der Waals surface area (Å²) < 4.78 is 26.8. The second kappa shape index (κ2) is 7.71. The maximum atomic E-state index is 13.4. The van der Waals surface area contributed by atoms with Crippen LogP contribution in [0.1, 0.15) is 25.8 Å². The smallest absolute Gasteiger partial charge is 0.191 e. The van der Waals surface area contributed by atoms with Crippen molar-refractivity contribution in [2.75, 3.05) is 13.6 Å². The summed E-state index contributed by atoms with van der Waals surface area (Å²) in [5.74, 6) is -0.371. The van der Waals surface area contributed by atoms with Crippen molar-refractivity contribution in [1.29, 1.82) is 0 Å². The van der Waals surface area contributed by atoms with Crippen LogP contribution in [-0.4, -0.2) is 25.6 Å². The molecule has 0 amide bonds. The minimum absolute atomic E-state index is 0.106. The quantitative estimate of drug-likeness (QED) is 0.636. The van der Waals surface area contributed by atoms with E-state index < -0.39 is 11.6 Å². The molecule has 2 N–H and O–H groups in total. The van der Waals surface area contributed by atoms with E-state index in [1.807, 2.05) is 6.92 Å². The molecule has 0 radical (unpaired) electrons. The van der Waals surface area contributed by atoms with E-state index in [-0.39, 0.29) is 12.0 Å². The number of aliphatic imine (C=N–C) groups is 1.